The maximum absolute atomic E-state index is 10.8. The number of pyridine rings is 1. The molecule has 0 amide bonds. The fourth-order valence-corrected chi connectivity index (χ4v) is 1.65. The second kappa shape index (κ2) is 6.80. The summed E-state index contributed by atoms with van der Waals surface area (Å²) in [5.41, 5.74) is 6.20. The molecule has 1 rings (SSSR count). The fourth-order valence-electron chi connectivity index (χ4n) is 1.65. The highest BCUT2D eigenvalue weighted by Gasteiger charge is 2.13. The SMILES string of the molecule is CCCCN(CCO)c1ncc(C(=O)O)cc1N. The van der Waals surface area contributed by atoms with Gasteiger partial charge < -0.3 is 20.8 Å². The third-order valence-electron chi connectivity index (χ3n) is 2.59. The van der Waals surface area contributed by atoms with Crippen LogP contribution in [0.25, 0.3) is 0 Å². The molecule has 1 aromatic heterocycles. The molecule has 0 saturated carbocycles. The standard InChI is InChI=1S/C12H19N3O3/c1-2-3-4-15(5-6-16)11-10(13)7-9(8-14-11)12(17)18/h7-8,16H,2-6,13H2,1H3,(H,17,18). The van der Waals surface area contributed by atoms with Gasteiger partial charge in [0.25, 0.3) is 0 Å². The van der Waals surface area contributed by atoms with Gasteiger partial charge in [-0.1, -0.05) is 13.3 Å². The minimum Gasteiger partial charge on any atom is -0.478 e. The lowest BCUT2D eigenvalue weighted by Crippen LogP contribution is -2.29. The van der Waals surface area contributed by atoms with Gasteiger partial charge in [-0.3, -0.25) is 0 Å². The number of carbonyl (C=O) groups is 1. The summed E-state index contributed by atoms with van der Waals surface area (Å²) in [7, 11) is 0. The zero-order valence-electron chi connectivity index (χ0n) is 10.5. The number of nitrogens with zero attached hydrogens (tertiary/aromatic N) is 2. The van der Waals surface area contributed by atoms with Crippen molar-refractivity contribution in [3.8, 4) is 0 Å². The second-order valence-corrected chi connectivity index (χ2v) is 4.01. The van der Waals surface area contributed by atoms with Crippen LogP contribution in [0, 0.1) is 0 Å². The molecule has 0 saturated heterocycles. The van der Waals surface area contributed by atoms with Gasteiger partial charge in [0.15, 0.2) is 5.82 Å². The molecule has 100 valence electrons. The van der Waals surface area contributed by atoms with Crippen molar-refractivity contribution in [2.45, 2.75) is 19.8 Å². The third kappa shape index (κ3) is 3.59. The molecule has 0 atom stereocenters. The first-order valence-electron chi connectivity index (χ1n) is 5.94. The zero-order chi connectivity index (χ0) is 13.5. The van der Waals surface area contributed by atoms with Crippen LogP contribution >= 0.6 is 0 Å². The molecule has 0 radical (unpaired) electrons. The molecule has 1 aromatic rings. The van der Waals surface area contributed by atoms with Crippen molar-refractivity contribution in [2.24, 2.45) is 0 Å². The van der Waals surface area contributed by atoms with Crippen molar-refractivity contribution >= 4 is 17.5 Å². The summed E-state index contributed by atoms with van der Waals surface area (Å²) in [6, 6.07) is 1.39. The first-order valence-corrected chi connectivity index (χ1v) is 5.94. The largest absolute Gasteiger partial charge is 0.478 e. The maximum atomic E-state index is 10.8. The van der Waals surface area contributed by atoms with Crippen LogP contribution in [0.5, 0.6) is 0 Å². The molecule has 0 fully saturated rings. The molecule has 4 N–H and O–H groups in total. The predicted molar refractivity (Wildman–Crippen MR) is 69.8 cm³/mol. The summed E-state index contributed by atoms with van der Waals surface area (Å²) in [6.07, 6.45) is 3.27. The van der Waals surface area contributed by atoms with Gasteiger partial charge in [-0.15, -0.1) is 0 Å². The van der Waals surface area contributed by atoms with Gasteiger partial charge in [-0.05, 0) is 12.5 Å². The normalized spacial score (nSPS) is 10.3. The average molecular weight is 253 g/mol. The van der Waals surface area contributed by atoms with E-state index in [-0.39, 0.29) is 12.2 Å². The van der Waals surface area contributed by atoms with Gasteiger partial charge in [0, 0.05) is 19.3 Å². The van der Waals surface area contributed by atoms with E-state index in [1.807, 2.05) is 4.90 Å². The van der Waals surface area contributed by atoms with Crippen molar-refractivity contribution in [1.82, 2.24) is 4.98 Å². The number of nitrogen functional groups attached to an aromatic ring is 1. The monoisotopic (exact) mass is 253 g/mol. The number of carboxylic acid groups (broad SMARTS) is 1. The Kier molecular flexibility index (Phi) is 5.38. The first kappa shape index (κ1) is 14.2. The number of nitrogens with two attached hydrogens (primary N) is 1. The quantitative estimate of drug-likeness (QED) is 0.669. The highest BCUT2D eigenvalue weighted by atomic mass is 16.4. The molecule has 6 nitrogen and oxygen atoms in total. The van der Waals surface area contributed by atoms with Crippen molar-refractivity contribution in [3.05, 3.63) is 17.8 Å². The predicted octanol–water partition coefficient (Wildman–Crippen LogP) is 0.961. The molecule has 1 heterocycles. The Balaban J connectivity index is 2.93. The minimum absolute atomic E-state index is 0.00547. The van der Waals surface area contributed by atoms with Gasteiger partial charge in [-0.2, -0.15) is 0 Å². The van der Waals surface area contributed by atoms with E-state index in [9.17, 15) is 4.79 Å². The summed E-state index contributed by atoms with van der Waals surface area (Å²) < 4.78 is 0. The smallest absolute Gasteiger partial charge is 0.337 e. The van der Waals surface area contributed by atoms with Crippen LogP contribution < -0.4 is 10.6 Å². The summed E-state index contributed by atoms with van der Waals surface area (Å²) in [5, 5.41) is 17.9. The molecular formula is C12H19N3O3. The average Bonchev–Trinajstić information content (AvgIpc) is 2.34. The van der Waals surface area contributed by atoms with Crippen LogP contribution in [-0.2, 0) is 0 Å². The molecule has 0 bridgehead atoms. The molecule has 0 aliphatic heterocycles. The Bertz CT molecular complexity index is 410. The number of aromatic nitrogens is 1. The maximum Gasteiger partial charge on any atom is 0.337 e. The number of hydrogen-bond acceptors (Lipinski definition) is 5. The number of carboxylic acids is 1. The van der Waals surface area contributed by atoms with Crippen LogP contribution in [0.3, 0.4) is 0 Å². The van der Waals surface area contributed by atoms with E-state index in [2.05, 4.69) is 11.9 Å². The number of aliphatic hydroxyl groups excluding tert-OH is 1. The lowest BCUT2D eigenvalue weighted by atomic mass is 10.2. The lowest BCUT2D eigenvalue weighted by Gasteiger charge is -2.24. The van der Waals surface area contributed by atoms with Crippen LogP contribution in [0.4, 0.5) is 11.5 Å². The van der Waals surface area contributed by atoms with E-state index in [0.717, 1.165) is 19.4 Å². The Morgan fingerprint density at radius 3 is 2.72 bits per heavy atom. The molecule has 0 aliphatic rings. The lowest BCUT2D eigenvalue weighted by molar-refractivity contribution is 0.0696. The Morgan fingerprint density at radius 1 is 1.50 bits per heavy atom. The van der Waals surface area contributed by atoms with Crippen LogP contribution in [-0.4, -0.2) is 40.9 Å². The van der Waals surface area contributed by atoms with Gasteiger partial charge >= 0.3 is 5.97 Å². The molecule has 18 heavy (non-hydrogen) atoms. The van der Waals surface area contributed by atoms with Crippen molar-refractivity contribution in [1.29, 1.82) is 0 Å². The minimum atomic E-state index is -1.05. The highest BCUT2D eigenvalue weighted by molar-refractivity contribution is 5.89. The van der Waals surface area contributed by atoms with Gasteiger partial charge in [0.05, 0.1) is 17.9 Å². The van der Waals surface area contributed by atoms with E-state index < -0.39 is 5.97 Å². The van der Waals surface area contributed by atoms with Crippen LogP contribution in [0.1, 0.15) is 30.1 Å². The van der Waals surface area contributed by atoms with E-state index >= 15 is 0 Å². The number of aliphatic hydroxyl groups is 1. The van der Waals surface area contributed by atoms with Gasteiger partial charge in [0.1, 0.15) is 0 Å². The molecule has 0 spiro atoms. The van der Waals surface area contributed by atoms with E-state index in [0.29, 0.717) is 18.1 Å². The fraction of sp³-hybridized carbons (Fsp3) is 0.500. The van der Waals surface area contributed by atoms with E-state index in [4.69, 9.17) is 15.9 Å². The van der Waals surface area contributed by atoms with Crippen molar-refractivity contribution in [3.63, 3.8) is 0 Å². The molecule has 6 heteroatoms. The van der Waals surface area contributed by atoms with Crippen molar-refractivity contribution < 1.29 is 15.0 Å². The number of anilines is 2. The number of aromatic carboxylic acids is 1. The Hall–Kier alpha value is -1.82. The molecular weight excluding hydrogens is 234 g/mol. The van der Waals surface area contributed by atoms with Crippen molar-refractivity contribution in [2.75, 3.05) is 30.3 Å². The highest BCUT2D eigenvalue weighted by Crippen LogP contribution is 2.21. The topological polar surface area (TPSA) is 99.7 Å². The Labute approximate surface area is 106 Å². The number of rotatable bonds is 7. The summed E-state index contributed by atoms with van der Waals surface area (Å²) in [6.45, 7) is 3.25. The zero-order valence-corrected chi connectivity index (χ0v) is 10.5. The Morgan fingerprint density at radius 2 is 2.22 bits per heavy atom. The van der Waals surface area contributed by atoms with Gasteiger partial charge in [-0.25, -0.2) is 9.78 Å². The van der Waals surface area contributed by atoms with E-state index in [1.165, 1.54) is 12.3 Å². The summed E-state index contributed by atoms with van der Waals surface area (Å²) in [5.74, 6) is -0.523. The summed E-state index contributed by atoms with van der Waals surface area (Å²) in [4.78, 5) is 16.7. The molecule has 0 unspecified atom stereocenters. The molecule has 0 aromatic carbocycles. The first-order chi connectivity index (χ1) is 8.60. The summed E-state index contributed by atoms with van der Waals surface area (Å²) >= 11 is 0. The third-order valence-corrected chi connectivity index (χ3v) is 2.59. The van der Waals surface area contributed by atoms with E-state index in [1.54, 1.807) is 0 Å². The second-order valence-electron chi connectivity index (χ2n) is 4.01. The molecule has 0 aliphatic carbocycles. The van der Waals surface area contributed by atoms with Crippen LogP contribution in [0.15, 0.2) is 12.3 Å². The number of hydrogen-bond donors (Lipinski definition) is 3. The number of unbranched alkanes of at least 4 members (excludes halogenated alkanes) is 1. The van der Waals surface area contributed by atoms with Gasteiger partial charge in [0.2, 0.25) is 0 Å². The van der Waals surface area contributed by atoms with Crippen LogP contribution in [0.2, 0.25) is 0 Å².